The number of hydrogen-bond acceptors (Lipinski definition) is 4. The molecule has 148 valence electrons. The summed E-state index contributed by atoms with van der Waals surface area (Å²) in [6.07, 6.45) is 1.79. The van der Waals surface area contributed by atoms with Crippen LogP contribution >= 0.6 is 11.6 Å². The predicted octanol–water partition coefficient (Wildman–Crippen LogP) is 6.59. The predicted molar refractivity (Wildman–Crippen MR) is 124 cm³/mol. The Labute approximate surface area is 185 Å². The molecule has 0 atom stereocenters. The molecule has 0 aliphatic heterocycles. The van der Waals surface area contributed by atoms with E-state index in [0.29, 0.717) is 22.5 Å². The van der Waals surface area contributed by atoms with Gasteiger partial charge in [0.2, 0.25) is 0 Å². The minimum absolute atomic E-state index is 0.601. The molecule has 0 radical (unpaired) electrons. The Balaban J connectivity index is 1.66. The second kappa shape index (κ2) is 8.46. The highest BCUT2D eigenvalue weighted by atomic mass is 35.5. The highest BCUT2D eigenvalue weighted by molar-refractivity contribution is 6.30. The molecule has 0 unspecified atom stereocenters. The standard InChI is InChI=1S/C26H17ClN4/c27-22-14-12-19(13-15-22)25-29-24(18-7-2-1-3-8-18)30-26(31-25)21-10-6-9-20(17-21)23-11-4-5-16-28-23/h1-17H. The molecule has 0 spiro atoms. The fourth-order valence-corrected chi connectivity index (χ4v) is 3.43. The summed E-state index contributed by atoms with van der Waals surface area (Å²) in [5, 5.41) is 0.671. The summed E-state index contributed by atoms with van der Waals surface area (Å²) >= 11 is 6.07. The van der Waals surface area contributed by atoms with E-state index in [1.165, 1.54) is 0 Å². The van der Waals surface area contributed by atoms with Crippen molar-refractivity contribution in [3.05, 3.63) is 108 Å². The fourth-order valence-electron chi connectivity index (χ4n) is 3.30. The van der Waals surface area contributed by atoms with Gasteiger partial charge in [0.05, 0.1) is 5.69 Å². The van der Waals surface area contributed by atoms with E-state index >= 15 is 0 Å². The van der Waals surface area contributed by atoms with E-state index < -0.39 is 0 Å². The summed E-state index contributed by atoms with van der Waals surface area (Å²) in [5.41, 5.74) is 4.62. The van der Waals surface area contributed by atoms with Crippen LogP contribution in [0.5, 0.6) is 0 Å². The lowest BCUT2D eigenvalue weighted by molar-refractivity contribution is 1.07. The van der Waals surface area contributed by atoms with Crippen LogP contribution in [-0.2, 0) is 0 Å². The van der Waals surface area contributed by atoms with E-state index in [0.717, 1.165) is 27.9 Å². The summed E-state index contributed by atoms with van der Waals surface area (Å²) in [7, 11) is 0. The molecule has 4 nitrogen and oxygen atoms in total. The van der Waals surface area contributed by atoms with Gasteiger partial charge in [-0.3, -0.25) is 4.98 Å². The number of pyridine rings is 1. The summed E-state index contributed by atoms with van der Waals surface area (Å²) in [4.78, 5) is 18.7. The molecular formula is C26H17ClN4. The number of aromatic nitrogens is 4. The number of rotatable bonds is 4. The van der Waals surface area contributed by atoms with Crippen LogP contribution in [0.15, 0.2) is 103 Å². The molecule has 0 aliphatic carbocycles. The van der Waals surface area contributed by atoms with Gasteiger partial charge in [-0.05, 0) is 42.5 Å². The largest absolute Gasteiger partial charge is 0.256 e. The van der Waals surface area contributed by atoms with E-state index in [2.05, 4.69) is 11.1 Å². The molecule has 5 aromatic rings. The van der Waals surface area contributed by atoms with Gasteiger partial charge in [-0.25, -0.2) is 15.0 Å². The monoisotopic (exact) mass is 420 g/mol. The van der Waals surface area contributed by atoms with Crippen LogP contribution in [0.2, 0.25) is 5.02 Å². The lowest BCUT2D eigenvalue weighted by atomic mass is 10.1. The Morgan fingerprint density at radius 3 is 1.74 bits per heavy atom. The molecule has 0 saturated heterocycles. The van der Waals surface area contributed by atoms with Crippen molar-refractivity contribution >= 4 is 11.6 Å². The molecule has 0 bridgehead atoms. The Kier molecular flexibility index (Phi) is 5.21. The first-order valence-electron chi connectivity index (χ1n) is 9.85. The topological polar surface area (TPSA) is 51.6 Å². The number of hydrogen-bond donors (Lipinski definition) is 0. The van der Waals surface area contributed by atoms with Gasteiger partial charge >= 0.3 is 0 Å². The fraction of sp³-hybridized carbons (Fsp3) is 0. The van der Waals surface area contributed by atoms with Gasteiger partial charge in [0.1, 0.15) is 0 Å². The second-order valence-electron chi connectivity index (χ2n) is 6.97. The molecule has 5 heteroatoms. The third kappa shape index (κ3) is 4.20. The summed E-state index contributed by atoms with van der Waals surface area (Å²) in [6.45, 7) is 0. The van der Waals surface area contributed by atoms with E-state index in [-0.39, 0.29) is 0 Å². The lowest BCUT2D eigenvalue weighted by Gasteiger charge is -2.09. The SMILES string of the molecule is Clc1ccc(-c2nc(-c3ccccc3)nc(-c3cccc(-c4ccccn4)c3)n2)cc1. The van der Waals surface area contributed by atoms with Crippen molar-refractivity contribution in [1.29, 1.82) is 0 Å². The Hall–Kier alpha value is -3.89. The van der Waals surface area contributed by atoms with Gasteiger partial charge in [-0.1, -0.05) is 66.2 Å². The van der Waals surface area contributed by atoms with Gasteiger partial charge in [-0.15, -0.1) is 0 Å². The van der Waals surface area contributed by atoms with Crippen molar-refractivity contribution < 1.29 is 0 Å². The van der Waals surface area contributed by atoms with Crippen LogP contribution in [-0.4, -0.2) is 19.9 Å². The van der Waals surface area contributed by atoms with Crippen molar-refractivity contribution in [3.63, 3.8) is 0 Å². The zero-order chi connectivity index (χ0) is 21.0. The number of benzene rings is 3. The van der Waals surface area contributed by atoms with Crippen molar-refractivity contribution in [2.24, 2.45) is 0 Å². The molecule has 3 aromatic carbocycles. The average molecular weight is 421 g/mol. The van der Waals surface area contributed by atoms with Crippen molar-refractivity contribution in [2.45, 2.75) is 0 Å². The van der Waals surface area contributed by atoms with Crippen LogP contribution in [0.25, 0.3) is 45.4 Å². The van der Waals surface area contributed by atoms with Crippen molar-refractivity contribution in [2.75, 3.05) is 0 Å². The minimum atomic E-state index is 0.601. The molecule has 5 rings (SSSR count). The molecule has 0 amide bonds. The highest BCUT2D eigenvalue weighted by Crippen LogP contribution is 2.27. The molecule has 2 heterocycles. The van der Waals surface area contributed by atoms with E-state index in [1.807, 2.05) is 91.0 Å². The van der Waals surface area contributed by atoms with Gasteiger partial charge < -0.3 is 0 Å². The Bertz CT molecular complexity index is 1320. The first-order chi connectivity index (χ1) is 15.3. The Morgan fingerprint density at radius 1 is 0.484 bits per heavy atom. The number of halogens is 1. The Morgan fingerprint density at radius 2 is 1.06 bits per heavy atom. The van der Waals surface area contributed by atoms with Crippen LogP contribution in [0, 0.1) is 0 Å². The van der Waals surface area contributed by atoms with Crippen LogP contribution in [0.1, 0.15) is 0 Å². The molecule has 2 aromatic heterocycles. The molecule has 0 saturated carbocycles. The van der Waals surface area contributed by atoms with E-state index in [4.69, 9.17) is 26.6 Å². The smallest absolute Gasteiger partial charge is 0.164 e. The zero-order valence-corrected chi connectivity index (χ0v) is 17.2. The summed E-state index contributed by atoms with van der Waals surface area (Å²) in [6, 6.07) is 31.4. The zero-order valence-electron chi connectivity index (χ0n) is 16.5. The first-order valence-corrected chi connectivity index (χ1v) is 10.2. The second-order valence-corrected chi connectivity index (χ2v) is 7.41. The van der Waals surface area contributed by atoms with Crippen LogP contribution in [0.3, 0.4) is 0 Å². The minimum Gasteiger partial charge on any atom is -0.256 e. The van der Waals surface area contributed by atoms with Gasteiger partial charge in [0.25, 0.3) is 0 Å². The molecular weight excluding hydrogens is 404 g/mol. The van der Waals surface area contributed by atoms with Crippen LogP contribution < -0.4 is 0 Å². The maximum atomic E-state index is 6.07. The van der Waals surface area contributed by atoms with E-state index in [1.54, 1.807) is 6.20 Å². The van der Waals surface area contributed by atoms with Gasteiger partial charge in [0.15, 0.2) is 17.5 Å². The third-order valence-electron chi connectivity index (χ3n) is 4.85. The molecule has 31 heavy (non-hydrogen) atoms. The highest BCUT2D eigenvalue weighted by Gasteiger charge is 2.13. The van der Waals surface area contributed by atoms with E-state index in [9.17, 15) is 0 Å². The maximum absolute atomic E-state index is 6.07. The first kappa shape index (κ1) is 19.1. The maximum Gasteiger partial charge on any atom is 0.164 e. The molecule has 0 N–H and O–H groups in total. The average Bonchev–Trinajstić information content (AvgIpc) is 2.85. The molecule has 0 aliphatic rings. The van der Waals surface area contributed by atoms with Gasteiger partial charge in [0, 0.05) is 33.5 Å². The van der Waals surface area contributed by atoms with Gasteiger partial charge in [-0.2, -0.15) is 0 Å². The molecule has 0 fully saturated rings. The third-order valence-corrected chi connectivity index (χ3v) is 5.10. The lowest BCUT2D eigenvalue weighted by Crippen LogP contribution is -2.00. The number of nitrogens with zero attached hydrogens (tertiary/aromatic N) is 4. The quantitative estimate of drug-likeness (QED) is 0.329. The van der Waals surface area contributed by atoms with Crippen molar-refractivity contribution in [1.82, 2.24) is 19.9 Å². The normalized spacial score (nSPS) is 10.7. The summed E-state index contributed by atoms with van der Waals surface area (Å²) < 4.78 is 0. The summed E-state index contributed by atoms with van der Waals surface area (Å²) in [5.74, 6) is 1.83. The van der Waals surface area contributed by atoms with Crippen LogP contribution in [0.4, 0.5) is 0 Å². The van der Waals surface area contributed by atoms with Crippen molar-refractivity contribution in [3.8, 4) is 45.4 Å².